The summed E-state index contributed by atoms with van der Waals surface area (Å²) < 4.78 is 16.7. The molecule has 36 heavy (non-hydrogen) atoms. The Morgan fingerprint density at radius 2 is 1.64 bits per heavy atom. The van der Waals surface area contributed by atoms with Gasteiger partial charge in [-0.15, -0.1) is 0 Å². The lowest BCUT2D eigenvalue weighted by atomic mass is 10.0. The van der Waals surface area contributed by atoms with Gasteiger partial charge in [0.05, 0.1) is 38.7 Å². The SMILES string of the molecule is COc1cc(OC)cc(C(=O)N2CCc3nc(-c4ccccc4)nc(N4C[C@H](C)O[C@@H](C)C4)c3C2)c1. The van der Waals surface area contributed by atoms with Crippen molar-refractivity contribution < 1.29 is 19.0 Å². The van der Waals surface area contributed by atoms with Crippen LogP contribution in [0.1, 0.15) is 35.5 Å². The van der Waals surface area contributed by atoms with Crippen LogP contribution in [0.25, 0.3) is 11.4 Å². The molecule has 0 spiro atoms. The highest BCUT2D eigenvalue weighted by molar-refractivity contribution is 5.95. The van der Waals surface area contributed by atoms with Crippen LogP contribution in [0.5, 0.6) is 11.5 Å². The second-order valence-corrected chi connectivity index (χ2v) is 9.40. The fourth-order valence-corrected chi connectivity index (χ4v) is 5.01. The molecule has 0 aliphatic carbocycles. The zero-order valence-electron chi connectivity index (χ0n) is 21.2. The summed E-state index contributed by atoms with van der Waals surface area (Å²) in [5.41, 5.74) is 3.52. The van der Waals surface area contributed by atoms with Crippen molar-refractivity contribution in [3.05, 3.63) is 65.4 Å². The minimum absolute atomic E-state index is 0.0698. The number of methoxy groups -OCH3 is 2. The van der Waals surface area contributed by atoms with Gasteiger partial charge in [0, 0.05) is 48.8 Å². The molecule has 1 amide bonds. The topological polar surface area (TPSA) is 77.0 Å². The number of hydrogen-bond donors (Lipinski definition) is 0. The summed E-state index contributed by atoms with van der Waals surface area (Å²) in [6.07, 6.45) is 0.836. The molecular formula is C28H32N4O4. The smallest absolute Gasteiger partial charge is 0.254 e. The molecule has 8 nitrogen and oxygen atoms in total. The van der Waals surface area contributed by atoms with Crippen LogP contribution in [0.3, 0.4) is 0 Å². The Morgan fingerprint density at radius 3 is 2.28 bits per heavy atom. The standard InChI is InChI=1S/C28H32N4O4/c1-18-15-32(16-19(2)36-18)27-24-17-31(28(33)21-12-22(34-3)14-23(13-21)35-4)11-10-25(24)29-26(30-27)20-8-6-5-7-9-20/h5-9,12-14,18-19H,10-11,15-17H2,1-4H3/t18-,19-/m0/s1. The Bertz CT molecular complexity index is 1220. The molecule has 188 valence electrons. The Morgan fingerprint density at radius 1 is 0.972 bits per heavy atom. The largest absolute Gasteiger partial charge is 0.497 e. The number of aromatic nitrogens is 2. The predicted octanol–water partition coefficient (Wildman–Crippen LogP) is 3.97. The van der Waals surface area contributed by atoms with Gasteiger partial charge in [-0.3, -0.25) is 4.79 Å². The molecule has 2 atom stereocenters. The lowest BCUT2D eigenvalue weighted by Gasteiger charge is -2.39. The summed E-state index contributed by atoms with van der Waals surface area (Å²) in [7, 11) is 3.16. The molecule has 1 fully saturated rings. The van der Waals surface area contributed by atoms with Gasteiger partial charge in [-0.05, 0) is 26.0 Å². The molecule has 3 aromatic rings. The molecule has 2 aliphatic rings. The number of morpholine rings is 1. The highest BCUT2D eigenvalue weighted by Gasteiger charge is 2.31. The Balaban J connectivity index is 1.52. The van der Waals surface area contributed by atoms with Crippen molar-refractivity contribution in [1.82, 2.24) is 14.9 Å². The van der Waals surface area contributed by atoms with Gasteiger partial charge in [0.15, 0.2) is 5.82 Å². The molecule has 1 saturated heterocycles. The first-order valence-corrected chi connectivity index (χ1v) is 12.3. The van der Waals surface area contributed by atoms with Gasteiger partial charge in [0.2, 0.25) is 0 Å². The molecular weight excluding hydrogens is 456 g/mol. The van der Waals surface area contributed by atoms with E-state index < -0.39 is 0 Å². The van der Waals surface area contributed by atoms with E-state index in [1.165, 1.54) is 0 Å². The Kier molecular flexibility index (Phi) is 6.78. The minimum Gasteiger partial charge on any atom is -0.497 e. The molecule has 3 heterocycles. The zero-order chi connectivity index (χ0) is 25.2. The highest BCUT2D eigenvalue weighted by atomic mass is 16.5. The zero-order valence-corrected chi connectivity index (χ0v) is 21.2. The van der Waals surface area contributed by atoms with Gasteiger partial charge in [-0.2, -0.15) is 0 Å². The van der Waals surface area contributed by atoms with Gasteiger partial charge < -0.3 is 24.0 Å². The number of rotatable bonds is 5. The van der Waals surface area contributed by atoms with Gasteiger partial charge in [0.1, 0.15) is 17.3 Å². The van der Waals surface area contributed by atoms with Crippen molar-refractivity contribution in [3.63, 3.8) is 0 Å². The number of benzene rings is 2. The number of nitrogens with zero attached hydrogens (tertiary/aromatic N) is 4. The third-order valence-electron chi connectivity index (χ3n) is 6.68. The normalized spacial score (nSPS) is 19.6. The van der Waals surface area contributed by atoms with E-state index in [0.717, 1.165) is 35.7 Å². The first-order chi connectivity index (χ1) is 17.4. The van der Waals surface area contributed by atoms with Crippen LogP contribution in [0.4, 0.5) is 5.82 Å². The maximum Gasteiger partial charge on any atom is 0.254 e. The van der Waals surface area contributed by atoms with Crippen molar-refractivity contribution in [2.45, 2.75) is 39.0 Å². The quantitative estimate of drug-likeness (QED) is 0.538. The number of carbonyl (C=O) groups is 1. The van der Waals surface area contributed by atoms with Crippen LogP contribution in [0.2, 0.25) is 0 Å². The molecule has 0 radical (unpaired) electrons. The van der Waals surface area contributed by atoms with E-state index in [1.807, 2.05) is 35.2 Å². The number of carbonyl (C=O) groups excluding carboxylic acids is 1. The lowest BCUT2D eigenvalue weighted by Crippen LogP contribution is -2.47. The monoisotopic (exact) mass is 488 g/mol. The fourth-order valence-electron chi connectivity index (χ4n) is 5.01. The summed E-state index contributed by atoms with van der Waals surface area (Å²) in [5.74, 6) is 2.71. The lowest BCUT2D eigenvalue weighted by molar-refractivity contribution is -0.00558. The summed E-state index contributed by atoms with van der Waals surface area (Å²) in [4.78, 5) is 27.7. The first kappa shape index (κ1) is 24.1. The fraction of sp³-hybridized carbons (Fsp3) is 0.393. The minimum atomic E-state index is -0.0698. The number of hydrogen-bond acceptors (Lipinski definition) is 7. The van der Waals surface area contributed by atoms with Gasteiger partial charge in [-0.1, -0.05) is 30.3 Å². The molecule has 0 bridgehead atoms. The first-order valence-electron chi connectivity index (χ1n) is 12.3. The van der Waals surface area contributed by atoms with Crippen LogP contribution >= 0.6 is 0 Å². The molecule has 2 aliphatic heterocycles. The van der Waals surface area contributed by atoms with E-state index in [1.54, 1.807) is 32.4 Å². The maximum atomic E-state index is 13.6. The molecule has 8 heteroatoms. The van der Waals surface area contributed by atoms with E-state index >= 15 is 0 Å². The van der Waals surface area contributed by atoms with Crippen molar-refractivity contribution in [3.8, 4) is 22.9 Å². The van der Waals surface area contributed by atoms with Crippen molar-refractivity contribution >= 4 is 11.7 Å². The maximum absolute atomic E-state index is 13.6. The second-order valence-electron chi connectivity index (χ2n) is 9.40. The van der Waals surface area contributed by atoms with Crippen LogP contribution in [0, 0.1) is 0 Å². The van der Waals surface area contributed by atoms with E-state index in [2.05, 4.69) is 18.7 Å². The van der Waals surface area contributed by atoms with Gasteiger partial charge in [-0.25, -0.2) is 9.97 Å². The Hall–Kier alpha value is -3.65. The van der Waals surface area contributed by atoms with Crippen LogP contribution in [-0.2, 0) is 17.7 Å². The number of fused-ring (bicyclic) bond motifs is 1. The average Bonchev–Trinajstić information content (AvgIpc) is 2.91. The third-order valence-corrected chi connectivity index (χ3v) is 6.68. The van der Waals surface area contributed by atoms with Crippen molar-refractivity contribution in [1.29, 1.82) is 0 Å². The Labute approximate surface area is 211 Å². The van der Waals surface area contributed by atoms with E-state index in [0.29, 0.717) is 42.4 Å². The summed E-state index contributed by atoms with van der Waals surface area (Å²) in [6, 6.07) is 15.3. The molecule has 5 rings (SSSR count). The van der Waals surface area contributed by atoms with Crippen LogP contribution < -0.4 is 14.4 Å². The molecule has 2 aromatic carbocycles. The average molecular weight is 489 g/mol. The van der Waals surface area contributed by atoms with Gasteiger partial charge >= 0.3 is 0 Å². The molecule has 0 saturated carbocycles. The number of ether oxygens (including phenoxy) is 3. The van der Waals surface area contributed by atoms with Crippen molar-refractivity contribution in [2.24, 2.45) is 0 Å². The number of anilines is 1. The van der Waals surface area contributed by atoms with Crippen LogP contribution in [-0.4, -0.2) is 66.8 Å². The van der Waals surface area contributed by atoms with Gasteiger partial charge in [0.25, 0.3) is 5.91 Å². The van der Waals surface area contributed by atoms with E-state index in [-0.39, 0.29) is 18.1 Å². The van der Waals surface area contributed by atoms with E-state index in [4.69, 9.17) is 24.2 Å². The number of amides is 1. The summed E-state index contributed by atoms with van der Waals surface area (Å²) in [6.45, 7) is 6.66. The third kappa shape index (κ3) is 4.86. The molecule has 0 N–H and O–H groups in total. The van der Waals surface area contributed by atoms with E-state index in [9.17, 15) is 4.79 Å². The second kappa shape index (κ2) is 10.1. The van der Waals surface area contributed by atoms with Crippen LogP contribution in [0.15, 0.2) is 48.5 Å². The predicted molar refractivity (Wildman–Crippen MR) is 138 cm³/mol. The molecule has 0 unspecified atom stereocenters. The molecule has 1 aromatic heterocycles. The summed E-state index contributed by atoms with van der Waals surface area (Å²) in [5, 5.41) is 0. The summed E-state index contributed by atoms with van der Waals surface area (Å²) >= 11 is 0. The highest BCUT2D eigenvalue weighted by Crippen LogP contribution is 2.32. The van der Waals surface area contributed by atoms with Crippen molar-refractivity contribution in [2.75, 3.05) is 38.8 Å².